The van der Waals surface area contributed by atoms with Crippen molar-refractivity contribution < 1.29 is 4.74 Å². The van der Waals surface area contributed by atoms with Gasteiger partial charge in [-0.1, -0.05) is 6.07 Å². The molecule has 3 aromatic rings. The summed E-state index contributed by atoms with van der Waals surface area (Å²) < 4.78 is 5.16. The van der Waals surface area contributed by atoms with Gasteiger partial charge in [-0.2, -0.15) is 0 Å². The summed E-state index contributed by atoms with van der Waals surface area (Å²) in [5, 5.41) is 6.60. The number of methoxy groups -OCH3 is 1. The molecule has 1 aromatic heterocycles. The van der Waals surface area contributed by atoms with Crippen molar-refractivity contribution >= 4 is 39.7 Å². The van der Waals surface area contributed by atoms with E-state index in [1.165, 1.54) is 0 Å². The van der Waals surface area contributed by atoms with E-state index in [4.69, 9.17) is 17.0 Å². The van der Waals surface area contributed by atoms with Gasteiger partial charge >= 0.3 is 5.69 Å². The molecular weight excluding hydrogens is 300 g/mol. The van der Waals surface area contributed by atoms with Crippen molar-refractivity contribution in [3.05, 3.63) is 52.9 Å². The molecule has 0 radical (unpaired) electrons. The highest BCUT2D eigenvalue weighted by atomic mass is 32.1. The van der Waals surface area contributed by atoms with Crippen molar-refractivity contribution in [3.63, 3.8) is 0 Å². The molecule has 0 fully saturated rings. The van der Waals surface area contributed by atoms with Crippen LogP contribution in [-0.4, -0.2) is 22.2 Å². The summed E-state index contributed by atoms with van der Waals surface area (Å²) in [6.45, 7) is 0. The summed E-state index contributed by atoms with van der Waals surface area (Å²) in [6, 6.07) is 12.9. The van der Waals surface area contributed by atoms with Gasteiger partial charge in [0.1, 0.15) is 5.75 Å². The maximum absolute atomic E-state index is 11.2. The summed E-state index contributed by atoms with van der Waals surface area (Å²) in [5.74, 6) is 0.749. The van der Waals surface area contributed by atoms with Gasteiger partial charge in [0.05, 0.1) is 18.1 Å². The number of fused-ring (bicyclic) bond motifs is 1. The second kappa shape index (κ2) is 5.90. The lowest BCUT2D eigenvalue weighted by molar-refractivity contribution is 0.415. The number of aromatic amines is 2. The van der Waals surface area contributed by atoms with Crippen LogP contribution in [0.1, 0.15) is 0 Å². The van der Waals surface area contributed by atoms with Crippen LogP contribution in [0.25, 0.3) is 11.0 Å². The number of H-pyrrole nitrogens is 2. The van der Waals surface area contributed by atoms with Gasteiger partial charge in [0.15, 0.2) is 5.11 Å². The highest BCUT2D eigenvalue weighted by Gasteiger charge is 2.03. The van der Waals surface area contributed by atoms with Crippen molar-refractivity contribution in [3.8, 4) is 5.75 Å². The Morgan fingerprint density at radius 3 is 2.55 bits per heavy atom. The van der Waals surface area contributed by atoms with Crippen LogP contribution in [0.2, 0.25) is 0 Å². The topological polar surface area (TPSA) is 81.9 Å². The molecule has 0 bridgehead atoms. The molecule has 0 unspecified atom stereocenters. The number of aromatic nitrogens is 2. The van der Waals surface area contributed by atoms with Crippen molar-refractivity contribution in [2.24, 2.45) is 0 Å². The van der Waals surface area contributed by atoms with Crippen LogP contribution in [0.3, 0.4) is 0 Å². The summed E-state index contributed by atoms with van der Waals surface area (Å²) in [5.41, 5.74) is 2.85. The molecule has 0 amide bonds. The van der Waals surface area contributed by atoms with E-state index >= 15 is 0 Å². The molecular formula is C15H14N4O2S. The predicted octanol–water partition coefficient (Wildman–Crippen LogP) is 2.67. The number of thiocarbonyl (C=S) groups is 1. The molecule has 0 spiro atoms. The normalized spacial score (nSPS) is 10.4. The van der Waals surface area contributed by atoms with Crippen LogP contribution in [0.5, 0.6) is 5.75 Å². The van der Waals surface area contributed by atoms with E-state index in [2.05, 4.69) is 20.6 Å². The van der Waals surface area contributed by atoms with Gasteiger partial charge in [0.25, 0.3) is 0 Å². The van der Waals surface area contributed by atoms with Crippen molar-refractivity contribution in [1.29, 1.82) is 0 Å². The second-order valence-electron chi connectivity index (χ2n) is 4.65. The number of imidazole rings is 1. The molecule has 0 aliphatic rings. The van der Waals surface area contributed by atoms with E-state index in [0.717, 1.165) is 28.2 Å². The molecule has 2 aromatic carbocycles. The molecule has 1 heterocycles. The maximum atomic E-state index is 11.2. The van der Waals surface area contributed by atoms with E-state index in [9.17, 15) is 4.79 Å². The Kier molecular flexibility index (Phi) is 3.80. The van der Waals surface area contributed by atoms with Gasteiger partial charge in [-0.05, 0) is 42.5 Å². The SMILES string of the molecule is COc1cccc(NC(=S)Nc2ccc3[nH]c(=O)[nH]c3c2)c1. The summed E-state index contributed by atoms with van der Waals surface area (Å²) >= 11 is 5.28. The lowest BCUT2D eigenvalue weighted by Crippen LogP contribution is -2.18. The number of rotatable bonds is 3. The lowest BCUT2D eigenvalue weighted by atomic mass is 10.3. The highest BCUT2D eigenvalue weighted by Crippen LogP contribution is 2.18. The fourth-order valence-electron chi connectivity index (χ4n) is 2.10. The van der Waals surface area contributed by atoms with Crippen LogP contribution < -0.4 is 21.1 Å². The average Bonchev–Trinajstić information content (AvgIpc) is 2.86. The molecule has 7 heteroatoms. The third kappa shape index (κ3) is 3.09. The number of benzene rings is 2. The molecule has 0 saturated carbocycles. The molecule has 3 rings (SSSR count). The van der Waals surface area contributed by atoms with Gasteiger partial charge < -0.3 is 25.3 Å². The van der Waals surface area contributed by atoms with Crippen LogP contribution in [0, 0.1) is 0 Å². The number of ether oxygens (including phenoxy) is 1. The zero-order valence-corrected chi connectivity index (χ0v) is 12.6. The Bertz CT molecular complexity index is 884. The van der Waals surface area contributed by atoms with E-state index in [1.54, 1.807) is 7.11 Å². The van der Waals surface area contributed by atoms with E-state index < -0.39 is 0 Å². The minimum absolute atomic E-state index is 0.232. The molecule has 0 aliphatic carbocycles. The minimum atomic E-state index is -0.232. The fraction of sp³-hybridized carbons (Fsp3) is 0.0667. The Morgan fingerprint density at radius 2 is 1.77 bits per heavy atom. The molecule has 0 aliphatic heterocycles. The summed E-state index contributed by atoms with van der Waals surface area (Å²) in [7, 11) is 1.61. The maximum Gasteiger partial charge on any atom is 0.323 e. The van der Waals surface area contributed by atoms with Crippen molar-refractivity contribution in [1.82, 2.24) is 9.97 Å². The van der Waals surface area contributed by atoms with Crippen LogP contribution in [0.15, 0.2) is 47.3 Å². The van der Waals surface area contributed by atoms with E-state index in [-0.39, 0.29) is 5.69 Å². The van der Waals surface area contributed by atoms with Gasteiger partial charge in [0, 0.05) is 17.4 Å². The summed E-state index contributed by atoms with van der Waals surface area (Å²) in [4.78, 5) is 16.6. The fourth-order valence-corrected chi connectivity index (χ4v) is 2.34. The molecule has 0 atom stereocenters. The molecule has 6 nitrogen and oxygen atoms in total. The summed E-state index contributed by atoms with van der Waals surface area (Å²) in [6.07, 6.45) is 0. The Hall–Kier alpha value is -2.80. The monoisotopic (exact) mass is 314 g/mol. The first-order chi connectivity index (χ1) is 10.6. The standard InChI is InChI=1S/C15H14N4O2S/c1-21-11-4-2-3-9(7-11)16-15(22)17-10-5-6-12-13(8-10)19-14(20)18-12/h2-8H,1H3,(H2,16,17,22)(H2,18,19,20). The average molecular weight is 314 g/mol. The Balaban J connectivity index is 1.73. The lowest BCUT2D eigenvalue weighted by Gasteiger charge is -2.11. The third-order valence-corrected chi connectivity index (χ3v) is 3.31. The predicted molar refractivity (Wildman–Crippen MR) is 91.8 cm³/mol. The van der Waals surface area contributed by atoms with Crippen LogP contribution in [-0.2, 0) is 0 Å². The van der Waals surface area contributed by atoms with Crippen molar-refractivity contribution in [2.75, 3.05) is 17.7 Å². The first kappa shape index (κ1) is 14.2. The quantitative estimate of drug-likeness (QED) is 0.559. The first-order valence-corrected chi connectivity index (χ1v) is 6.99. The first-order valence-electron chi connectivity index (χ1n) is 6.58. The Morgan fingerprint density at radius 1 is 1.05 bits per heavy atom. The number of hydrogen-bond acceptors (Lipinski definition) is 3. The largest absolute Gasteiger partial charge is 0.497 e. The third-order valence-electron chi connectivity index (χ3n) is 3.10. The van der Waals surface area contributed by atoms with Gasteiger partial charge in [-0.3, -0.25) is 0 Å². The van der Waals surface area contributed by atoms with Crippen LogP contribution >= 0.6 is 12.2 Å². The second-order valence-corrected chi connectivity index (χ2v) is 5.06. The van der Waals surface area contributed by atoms with Gasteiger partial charge in [-0.25, -0.2) is 4.79 Å². The number of nitrogens with one attached hydrogen (secondary N) is 4. The Labute approximate surface area is 131 Å². The minimum Gasteiger partial charge on any atom is -0.497 e. The molecule has 112 valence electrons. The van der Waals surface area contributed by atoms with Crippen molar-refractivity contribution in [2.45, 2.75) is 0 Å². The zero-order chi connectivity index (χ0) is 15.5. The number of hydrogen-bond donors (Lipinski definition) is 4. The molecule has 22 heavy (non-hydrogen) atoms. The molecule has 0 saturated heterocycles. The van der Waals surface area contributed by atoms with E-state index in [0.29, 0.717) is 5.11 Å². The van der Waals surface area contributed by atoms with E-state index in [1.807, 2.05) is 42.5 Å². The van der Waals surface area contributed by atoms with Gasteiger partial charge in [-0.15, -0.1) is 0 Å². The zero-order valence-electron chi connectivity index (χ0n) is 11.8. The van der Waals surface area contributed by atoms with Gasteiger partial charge in [0.2, 0.25) is 0 Å². The molecule has 4 N–H and O–H groups in total. The number of anilines is 2. The highest BCUT2D eigenvalue weighted by molar-refractivity contribution is 7.80. The smallest absolute Gasteiger partial charge is 0.323 e. The van der Waals surface area contributed by atoms with Crippen LogP contribution in [0.4, 0.5) is 11.4 Å².